The molecule has 1 heterocycles. The Morgan fingerprint density at radius 2 is 2.00 bits per heavy atom. The quantitative estimate of drug-likeness (QED) is 0.725. The van der Waals surface area contributed by atoms with Crippen LogP contribution < -0.4 is 5.32 Å². The van der Waals surface area contributed by atoms with Gasteiger partial charge in [-0.1, -0.05) is 13.3 Å². The lowest BCUT2D eigenvalue weighted by Crippen LogP contribution is -2.37. The Bertz CT molecular complexity index is 311. The fourth-order valence-electron chi connectivity index (χ4n) is 2.37. The molecule has 1 unspecified atom stereocenters. The van der Waals surface area contributed by atoms with Crippen LogP contribution in [0.3, 0.4) is 0 Å². The Balaban J connectivity index is 2.15. The van der Waals surface area contributed by atoms with E-state index in [1.807, 2.05) is 14.0 Å². The Morgan fingerprint density at radius 1 is 1.22 bits per heavy atom. The van der Waals surface area contributed by atoms with Crippen LogP contribution in [0.1, 0.15) is 39.0 Å². The van der Waals surface area contributed by atoms with E-state index in [2.05, 4.69) is 10.2 Å². The number of hydrogen-bond acceptors (Lipinski definition) is 4. The van der Waals surface area contributed by atoms with Gasteiger partial charge >= 0.3 is 0 Å². The Hall–Kier alpha value is -0.130. The Kier molecular flexibility index (Phi) is 7.19. The summed E-state index contributed by atoms with van der Waals surface area (Å²) < 4.78 is 23.2. The van der Waals surface area contributed by atoms with Crippen molar-refractivity contribution in [3.8, 4) is 0 Å². The van der Waals surface area contributed by atoms with E-state index < -0.39 is 9.84 Å². The van der Waals surface area contributed by atoms with Crippen LogP contribution in [0.2, 0.25) is 0 Å². The predicted octanol–water partition coefficient (Wildman–Crippen LogP) is 1.28. The minimum atomic E-state index is -2.83. The molecule has 0 aliphatic carbocycles. The summed E-state index contributed by atoms with van der Waals surface area (Å²) >= 11 is 0. The number of sulfone groups is 1. The van der Waals surface area contributed by atoms with E-state index in [4.69, 9.17) is 0 Å². The minimum absolute atomic E-state index is 0.301. The van der Waals surface area contributed by atoms with E-state index in [9.17, 15) is 8.42 Å². The highest BCUT2D eigenvalue weighted by atomic mass is 32.2. The SMILES string of the molecule is CCCS(=O)(=O)CCN(C)CCC1CCCCN1. The van der Waals surface area contributed by atoms with Crippen molar-refractivity contribution in [1.29, 1.82) is 0 Å². The Labute approximate surface area is 112 Å². The van der Waals surface area contributed by atoms with Gasteiger partial charge in [-0.15, -0.1) is 0 Å². The zero-order valence-electron chi connectivity index (χ0n) is 11.8. The molecule has 0 radical (unpaired) electrons. The highest BCUT2D eigenvalue weighted by molar-refractivity contribution is 7.91. The topological polar surface area (TPSA) is 49.4 Å². The maximum Gasteiger partial charge on any atom is 0.151 e. The predicted molar refractivity (Wildman–Crippen MR) is 76.7 cm³/mol. The zero-order chi connectivity index (χ0) is 13.4. The molecule has 0 aromatic carbocycles. The molecule has 0 bridgehead atoms. The minimum Gasteiger partial charge on any atom is -0.314 e. The van der Waals surface area contributed by atoms with Crippen LogP contribution in [-0.2, 0) is 9.84 Å². The van der Waals surface area contributed by atoms with E-state index in [0.717, 1.165) is 25.9 Å². The van der Waals surface area contributed by atoms with Gasteiger partial charge in [-0.25, -0.2) is 8.42 Å². The van der Waals surface area contributed by atoms with Gasteiger partial charge in [-0.2, -0.15) is 0 Å². The molecular weight excluding hydrogens is 248 g/mol. The summed E-state index contributed by atoms with van der Waals surface area (Å²) in [7, 11) is -0.809. The smallest absolute Gasteiger partial charge is 0.151 e. The van der Waals surface area contributed by atoms with Crippen molar-refractivity contribution in [2.24, 2.45) is 0 Å². The van der Waals surface area contributed by atoms with E-state index >= 15 is 0 Å². The van der Waals surface area contributed by atoms with Gasteiger partial charge in [-0.05, 0) is 45.8 Å². The second kappa shape index (κ2) is 8.12. The first kappa shape index (κ1) is 15.9. The fourth-order valence-corrected chi connectivity index (χ4v) is 3.78. The summed E-state index contributed by atoms with van der Waals surface area (Å²) in [5, 5.41) is 3.52. The molecule has 1 atom stereocenters. The zero-order valence-corrected chi connectivity index (χ0v) is 12.6. The van der Waals surface area contributed by atoms with Crippen molar-refractivity contribution in [3.05, 3.63) is 0 Å². The van der Waals surface area contributed by atoms with Gasteiger partial charge < -0.3 is 10.2 Å². The lowest BCUT2D eigenvalue weighted by molar-refractivity contribution is 0.298. The highest BCUT2D eigenvalue weighted by Gasteiger charge is 2.14. The first-order chi connectivity index (χ1) is 8.53. The third kappa shape index (κ3) is 6.71. The molecule has 4 nitrogen and oxygen atoms in total. The van der Waals surface area contributed by atoms with E-state index in [1.165, 1.54) is 19.3 Å². The van der Waals surface area contributed by atoms with Crippen molar-refractivity contribution in [1.82, 2.24) is 10.2 Å². The van der Waals surface area contributed by atoms with Crippen LogP contribution in [0.15, 0.2) is 0 Å². The second-order valence-electron chi connectivity index (χ2n) is 5.39. The molecule has 1 aliphatic heterocycles. The first-order valence-electron chi connectivity index (χ1n) is 7.16. The molecule has 108 valence electrons. The molecule has 5 heteroatoms. The van der Waals surface area contributed by atoms with Crippen molar-refractivity contribution < 1.29 is 8.42 Å². The first-order valence-corrected chi connectivity index (χ1v) is 8.98. The molecule has 0 aromatic rings. The third-order valence-electron chi connectivity index (χ3n) is 3.57. The van der Waals surface area contributed by atoms with Gasteiger partial charge in [0.05, 0.1) is 5.75 Å². The van der Waals surface area contributed by atoms with Gasteiger partial charge in [-0.3, -0.25) is 0 Å². The van der Waals surface area contributed by atoms with Crippen LogP contribution in [0, 0.1) is 0 Å². The summed E-state index contributed by atoms with van der Waals surface area (Å²) in [4.78, 5) is 2.14. The third-order valence-corrected chi connectivity index (χ3v) is 5.41. The van der Waals surface area contributed by atoms with Crippen LogP contribution >= 0.6 is 0 Å². The molecule has 0 saturated carbocycles. The van der Waals surface area contributed by atoms with Crippen molar-refractivity contribution in [2.45, 2.75) is 45.1 Å². The maximum atomic E-state index is 11.6. The van der Waals surface area contributed by atoms with Gasteiger partial charge in [0.15, 0.2) is 9.84 Å². The van der Waals surface area contributed by atoms with Gasteiger partial charge in [0.1, 0.15) is 0 Å². The van der Waals surface area contributed by atoms with Gasteiger partial charge in [0, 0.05) is 18.3 Å². The average Bonchev–Trinajstić information content (AvgIpc) is 2.35. The van der Waals surface area contributed by atoms with E-state index in [1.54, 1.807) is 0 Å². The number of piperidine rings is 1. The summed E-state index contributed by atoms with van der Waals surface area (Å²) in [6, 6.07) is 0.633. The van der Waals surface area contributed by atoms with Crippen molar-refractivity contribution in [3.63, 3.8) is 0 Å². The number of nitrogens with zero attached hydrogens (tertiary/aromatic N) is 1. The summed E-state index contributed by atoms with van der Waals surface area (Å²) in [6.07, 6.45) is 5.73. The molecule has 1 fully saturated rings. The van der Waals surface area contributed by atoms with Gasteiger partial charge in [0.2, 0.25) is 0 Å². The molecule has 1 rings (SSSR count). The molecule has 18 heavy (non-hydrogen) atoms. The van der Waals surface area contributed by atoms with E-state index in [-0.39, 0.29) is 0 Å². The Morgan fingerprint density at radius 3 is 2.61 bits per heavy atom. The highest BCUT2D eigenvalue weighted by Crippen LogP contribution is 2.10. The summed E-state index contributed by atoms with van der Waals surface area (Å²) in [5.41, 5.74) is 0. The molecule has 0 amide bonds. The van der Waals surface area contributed by atoms with Crippen LogP contribution in [-0.4, -0.2) is 57.5 Å². The van der Waals surface area contributed by atoms with Crippen LogP contribution in [0.25, 0.3) is 0 Å². The van der Waals surface area contributed by atoms with Crippen molar-refractivity contribution in [2.75, 3.05) is 38.2 Å². The standard InChI is InChI=1S/C13H28N2O2S/c1-3-11-18(16,17)12-10-15(2)9-7-13-6-4-5-8-14-13/h13-14H,3-12H2,1-2H3. The average molecular weight is 276 g/mol. The number of hydrogen-bond donors (Lipinski definition) is 1. The molecule has 1 aliphatic rings. The monoisotopic (exact) mass is 276 g/mol. The largest absolute Gasteiger partial charge is 0.314 e. The normalized spacial score (nSPS) is 21.4. The molecule has 0 aromatic heterocycles. The second-order valence-corrected chi connectivity index (χ2v) is 7.69. The molecule has 0 spiro atoms. The lowest BCUT2D eigenvalue weighted by atomic mass is 10.0. The maximum absolute atomic E-state index is 11.6. The number of nitrogens with one attached hydrogen (secondary N) is 1. The van der Waals surface area contributed by atoms with Gasteiger partial charge in [0.25, 0.3) is 0 Å². The molecule has 1 N–H and O–H groups in total. The van der Waals surface area contributed by atoms with Crippen LogP contribution in [0.5, 0.6) is 0 Å². The van der Waals surface area contributed by atoms with Crippen LogP contribution in [0.4, 0.5) is 0 Å². The molecular formula is C13H28N2O2S. The fraction of sp³-hybridized carbons (Fsp3) is 1.00. The summed E-state index contributed by atoms with van der Waals surface area (Å²) in [5.74, 6) is 0.625. The lowest BCUT2D eigenvalue weighted by Gasteiger charge is -2.25. The van der Waals surface area contributed by atoms with E-state index in [0.29, 0.717) is 24.1 Å². The number of rotatable bonds is 8. The van der Waals surface area contributed by atoms with Crippen molar-refractivity contribution >= 4 is 9.84 Å². The summed E-state index contributed by atoms with van der Waals surface area (Å²) in [6.45, 7) is 4.70. The molecule has 1 saturated heterocycles.